The van der Waals surface area contributed by atoms with E-state index in [9.17, 15) is 13.2 Å². The van der Waals surface area contributed by atoms with Crippen molar-refractivity contribution < 1.29 is 22.7 Å². The fraction of sp³-hybridized carbons (Fsp3) is 0.318. The number of methoxy groups -OCH3 is 1. The summed E-state index contributed by atoms with van der Waals surface area (Å²) in [7, 11) is -2.38. The summed E-state index contributed by atoms with van der Waals surface area (Å²) in [5.74, 6) is 0.713. The number of ether oxygens (including phenoxy) is 2. The highest BCUT2D eigenvalue weighted by atomic mass is 32.2. The van der Waals surface area contributed by atoms with E-state index in [1.54, 1.807) is 61.7 Å². The maximum absolute atomic E-state index is 13.4. The van der Waals surface area contributed by atoms with Crippen molar-refractivity contribution in [2.45, 2.75) is 24.5 Å². The lowest BCUT2D eigenvalue weighted by Gasteiger charge is -2.39. The van der Waals surface area contributed by atoms with Crippen LogP contribution in [-0.4, -0.2) is 39.3 Å². The van der Waals surface area contributed by atoms with Crippen LogP contribution in [0.5, 0.6) is 11.5 Å². The van der Waals surface area contributed by atoms with Gasteiger partial charge in [0.25, 0.3) is 0 Å². The van der Waals surface area contributed by atoms with E-state index in [-0.39, 0.29) is 6.42 Å². The molecule has 1 heterocycles. The average molecular weight is 431 g/mol. The van der Waals surface area contributed by atoms with E-state index in [1.807, 2.05) is 0 Å². The Labute approximate surface area is 177 Å². The van der Waals surface area contributed by atoms with Gasteiger partial charge < -0.3 is 14.8 Å². The molecule has 0 unspecified atom stereocenters. The highest BCUT2D eigenvalue weighted by Gasteiger charge is 2.52. The van der Waals surface area contributed by atoms with Crippen LogP contribution < -0.4 is 19.1 Å². The summed E-state index contributed by atoms with van der Waals surface area (Å²) in [6.45, 7) is 5.78. The second kappa shape index (κ2) is 8.79. The van der Waals surface area contributed by atoms with Crippen LogP contribution in [0.25, 0.3) is 0 Å². The molecule has 8 heteroatoms. The Morgan fingerprint density at radius 1 is 1.17 bits per heavy atom. The number of rotatable bonds is 7. The second-order valence-electron chi connectivity index (χ2n) is 7.19. The summed E-state index contributed by atoms with van der Waals surface area (Å²) in [6.07, 6.45) is 2.46. The van der Waals surface area contributed by atoms with Crippen LogP contribution in [0, 0.1) is 0 Å². The number of amides is 1. The lowest BCUT2D eigenvalue weighted by atomic mass is 10.0. The summed E-state index contributed by atoms with van der Waals surface area (Å²) in [6, 6.07) is 13.5. The molecule has 2 aromatic carbocycles. The van der Waals surface area contributed by atoms with Crippen LogP contribution in [0.15, 0.2) is 61.2 Å². The molecule has 1 aliphatic heterocycles. The number of hydrogen-bond acceptors (Lipinski definition) is 5. The Kier molecular flexibility index (Phi) is 6.36. The maximum atomic E-state index is 13.4. The van der Waals surface area contributed by atoms with Gasteiger partial charge in [0.15, 0.2) is 4.75 Å². The fourth-order valence-corrected chi connectivity index (χ4v) is 5.30. The van der Waals surface area contributed by atoms with Crippen molar-refractivity contribution in [3.63, 3.8) is 0 Å². The van der Waals surface area contributed by atoms with Gasteiger partial charge in [0.2, 0.25) is 15.9 Å². The molecular formula is C22H26N2O5S. The summed E-state index contributed by atoms with van der Waals surface area (Å²) < 4.78 is 37.1. The van der Waals surface area contributed by atoms with E-state index in [0.29, 0.717) is 42.4 Å². The average Bonchev–Trinajstić information content (AvgIpc) is 2.75. The van der Waals surface area contributed by atoms with Crippen LogP contribution in [0.4, 0.5) is 11.4 Å². The zero-order chi connectivity index (χ0) is 21.8. The van der Waals surface area contributed by atoms with Crippen molar-refractivity contribution >= 4 is 27.3 Å². The molecule has 0 spiro atoms. The predicted molar refractivity (Wildman–Crippen MR) is 118 cm³/mol. The molecule has 3 rings (SSSR count). The van der Waals surface area contributed by atoms with Gasteiger partial charge in [-0.1, -0.05) is 12.7 Å². The normalized spacial score (nSPS) is 20.3. The molecular weight excluding hydrogens is 404 g/mol. The molecule has 30 heavy (non-hydrogen) atoms. The SMILES string of the molecule is C=CCOc1ccc(NC(=O)[C@@]2(C)CCCN(c3ccc(OC)cc3)S2(=O)=O)cc1. The number of sulfonamides is 1. The van der Waals surface area contributed by atoms with Crippen LogP contribution >= 0.6 is 0 Å². The molecule has 1 fully saturated rings. The topological polar surface area (TPSA) is 84.9 Å². The summed E-state index contributed by atoms with van der Waals surface area (Å²) in [5.41, 5.74) is 1.02. The van der Waals surface area contributed by atoms with Crippen LogP contribution in [0.3, 0.4) is 0 Å². The molecule has 1 saturated heterocycles. The molecule has 1 atom stereocenters. The van der Waals surface area contributed by atoms with Crippen molar-refractivity contribution in [3.05, 3.63) is 61.2 Å². The Morgan fingerprint density at radius 2 is 1.80 bits per heavy atom. The quantitative estimate of drug-likeness (QED) is 0.679. The number of carbonyl (C=O) groups excluding carboxylic acids is 1. The molecule has 0 radical (unpaired) electrons. The number of anilines is 2. The molecule has 2 aromatic rings. The maximum Gasteiger partial charge on any atom is 0.249 e. The van der Waals surface area contributed by atoms with Crippen molar-refractivity contribution in [1.29, 1.82) is 0 Å². The third-order valence-electron chi connectivity index (χ3n) is 5.20. The van der Waals surface area contributed by atoms with Crippen molar-refractivity contribution in [2.24, 2.45) is 0 Å². The molecule has 0 bridgehead atoms. The van der Waals surface area contributed by atoms with Gasteiger partial charge in [-0.2, -0.15) is 0 Å². The smallest absolute Gasteiger partial charge is 0.249 e. The first-order chi connectivity index (χ1) is 14.3. The molecule has 1 aliphatic rings. The Morgan fingerprint density at radius 3 is 2.40 bits per heavy atom. The Bertz CT molecular complexity index is 1000. The lowest BCUT2D eigenvalue weighted by Crippen LogP contribution is -2.57. The van der Waals surface area contributed by atoms with Crippen LogP contribution in [0.2, 0.25) is 0 Å². The molecule has 1 N–H and O–H groups in total. The highest BCUT2D eigenvalue weighted by Crippen LogP contribution is 2.36. The largest absolute Gasteiger partial charge is 0.497 e. The zero-order valence-electron chi connectivity index (χ0n) is 17.1. The number of carbonyl (C=O) groups is 1. The number of benzene rings is 2. The molecule has 1 amide bonds. The number of nitrogens with zero attached hydrogens (tertiary/aromatic N) is 1. The summed E-state index contributed by atoms with van der Waals surface area (Å²) in [5, 5.41) is 2.74. The zero-order valence-corrected chi connectivity index (χ0v) is 17.9. The van der Waals surface area contributed by atoms with Gasteiger partial charge in [-0.05, 0) is 68.3 Å². The molecule has 0 aliphatic carbocycles. The summed E-state index contributed by atoms with van der Waals surface area (Å²) >= 11 is 0. The lowest BCUT2D eigenvalue weighted by molar-refractivity contribution is -0.118. The molecule has 0 aromatic heterocycles. The van der Waals surface area contributed by atoms with Gasteiger partial charge in [0, 0.05) is 12.2 Å². The molecule has 160 valence electrons. The minimum atomic E-state index is -3.93. The van der Waals surface area contributed by atoms with E-state index in [1.165, 1.54) is 11.2 Å². The molecule has 7 nitrogen and oxygen atoms in total. The van der Waals surface area contributed by atoms with Gasteiger partial charge in [-0.25, -0.2) is 8.42 Å². The third-order valence-corrected chi connectivity index (χ3v) is 7.70. The number of hydrogen-bond donors (Lipinski definition) is 1. The number of nitrogens with one attached hydrogen (secondary N) is 1. The minimum absolute atomic E-state index is 0.244. The van der Waals surface area contributed by atoms with Crippen molar-refractivity contribution in [2.75, 3.05) is 29.9 Å². The Balaban J connectivity index is 1.80. The molecule has 0 saturated carbocycles. The van der Waals surface area contributed by atoms with Crippen LogP contribution in [0.1, 0.15) is 19.8 Å². The van der Waals surface area contributed by atoms with E-state index in [0.717, 1.165) is 0 Å². The van der Waals surface area contributed by atoms with E-state index >= 15 is 0 Å². The highest BCUT2D eigenvalue weighted by molar-refractivity contribution is 7.95. The van der Waals surface area contributed by atoms with E-state index < -0.39 is 20.7 Å². The van der Waals surface area contributed by atoms with Gasteiger partial charge in [0.1, 0.15) is 18.1 Å². The van der Waals surface area contributed by atoms with Gasteiger partial charge in [-0.15, -0.1) is 0 Å². The van der Waals surface area contributed by atoms with E-state index in [4.69, 9.17) is 9.47 Å². The first-order valence-electron chi connectivity index (χ1n) is 9.63. The van der Waals surface area contributed by atoms with Gasteiger partial charge in [0.05, 0.1) is 12.8 Å². The minimum Gasteiger partial charge on any atom is -0.497 e. The van der Waals surface area contributed by atoms with Crippen molar-refractivity contribution in [3.8, 4) is 11.5 Å². The van der Waals surface area contributed by atoms with Crippen molar-refractivity contribution in [1.82, 2.24) is 0 Å². The van der Waals surface area contributed by atoms with Gasteiger partial charge >= 0.3 is 0 Å². The first kappa shape index (κ1) is 21.7. The van der Waals surface area contributed by atoms with E-state index in [2.05, 4.69) is 11.9 Å². The standard InChI is InChI=1S/C22H26N2O5S/c1-4-16-29-20-10-6-17(7-11-20)23-21(25)22(2)14-5-15-24(30(22,26)27)18-8-12-19(28-3)13-9-18/h4,6-13H,1,5,14-16H2,2-3H3,(H,23,25)/t22-/m1/s1. The first-order valence-corrected chi connectivity index (χ1v) is 11.1. The Hall–Kier alpha value is -3.00. The van der Waals surface area contributed by atoms with Crippen LogP contribution in [-0.2, 0) is 14.8 Å². The fourth-order valence-electron chi connectivity index (χ4n) is 3.35. The monoisotopic (exact) mass is 430 g/mol. The second-order valence-corrected chi connectivity index (χ2v) is 9.48. The predicted octanol–water partition coefficient (Wildman–Crippen LogP) is 3.59. The third kappa shape index (κ3) is 4.14. The summed E-state index contributed by atoms with van der Waals surface area (Å²) in [4.78, 5) is 13.1. The van der Waals surface area contributed by atoms with Gasteiger partial charge in [-0.3, -0.25) is 9.10 Å².